The zero-order chi connectivity index (χ0) is 13.5. The number of nitrogens with one attached hydrogen (secondary N) is 1. The first-order valence-electron chi connectivity index (χ1n) is 5.44. The molecule has 0 heterocycles. The van der Waals surface area contributed by atoms with Crippen LogP contribution in [-0.4, -0.2) is 42.5 Å². The van der Waals surface area contributed by atoms with Crippen molar-refractivity contribution in [1.29, 1.82) is 0 Å². The summed E-state index contributed by atoms with van der Waals surface area (Å²) in [4.78, 5) is 24.2. The van der Waals surface area contributed by atoms with Gasteiger partial charge in [0.1, 0.15) is 0 Å². The third-order valence-electron chi connectivity index (χ3n) is 2.12. The fourth-order valence-electron chi connectivity index (χ4n) is 1.28. The third-order valence-corrected chi connectivity index (χ3v) is 2.12. The number of carbonyl (C=O) groups is 2. The molecule has 18 heavy (non-hydrogen) atoms. The van der Waals surface area contributed by atoms with Gasteiger partial charge in [0.25, 0.3) is 0 Å². The third kappa shape index (κ3) is 4.80. The highest BCUT2D eigenvalue weighted by Gasteiger charge is 2.04. The molecule has 0 aliphatic rings. The van der Waals surface area contributed by atoms with E-state index in [0.29, 0.717) is 12.2 Å². The molecule has 0 fully saturated rings. The molecule has 5 nitrogen and oxygen atoms in total. The fraction of sp³-hybridized carbons (Fsp3) is 0.231. The van der Waals surface area contributed by atoms with Gasteiger partial charge in [0.15, 0.2) is 0 Å². The van der Waals surface area contributed by atoms with Gasteiger partial charge in [-0.25, -0.2) is 4.79 Å². The van der Waals surface area contributed by atoms with Crippen molar-refractivity contribution in [1.82, 2.24) is 4.90 Å². The lowest BCUT2D eigenvalue weighted by atomic mass is 10.2. The number of amides is 1. The number of hydrogen-bond acceptors (Lipinski definition) is 3. The monoisotopic (exact) mass is 248 g/mol. The molecule has 96 valence electrons. The number of hydrogen-bond donors (Lipinski definition) is 2. The summed E-state index contributed by atoms with van der Waals surface area (Å²) in [5, 5.41) is 11.4. The van der Waals surface area contributed by atoms with Crippen molar-refractivity contribution in [3.63, 3.8) is 0 Å². The first-order chi connectivity index (χ1) is 8.49. The number of carboxylic acid groups (broad SMARTS) is 1. The maximum atomic E-state index is 11.5. The van der Waals surface area contributed by atoms with Crippen LogP contribution < -0.4 is 5.32 Å². The maximum absolute atomic E-state index is 11.5. The largest absolute Gasteiger partial charge is 0.478 e. The average Bonchev–Trinajstić information content (AvgIpc) is 2.28. The van der Waals surface area contributed by atoms with Gasteiger partial charge < -0.3 is 15.3 Å². The van der Waals surface area contributed by atoms with Gasteiger partial charge in [-0.3, -0.25) is 4.79 Å². The standard InChI is InChI=1S/C13H16N2O3/c1-15(2)8-4-7-12(16)14-11-6-3-5-10(9-11)13(17)18/h3-7,9H,8H2,1-2H3,(H,14,16)(H,17,18)/b7-4+. The van der Waals surface area contributed by atoms with E-state index in [4.69, 9.17) is 5.11 Å². The highest BCUT2D eigenvalue weighted by atomic mass is 16.4. The maximum Gasteiger partial charge on any atom is 0.335 e. The Bertz CT molecular complexity index is 467. The van der Waals surface area contributed by atoms with Gasteiger partial charge in [0.2, 0.25) is 5.91 Å². The van der Waals surface area contributed by atoms with Gasteiger partial charge in [0.05, 0.1) is 5.56 Å². The quantitative estimate of drug-likeness (QED) is 0.774. The van der Waals surface area contributed by atoms with Gasteiger partial charge in [0, 0.05) is 18.3 Å². The number of aromatic carboxylic acids is 1. The summed E-state index contributed by atoms with van der Waals surface area (Å²) in [6, 6.07) is 6.12. The summed E-state index contributed by atoms with van der Waals surface area (Å²) in [5.41, 5.74) is 0.611. The van der Waals surface area contributed by atoms with Crippen molar-refractivity contribution < 1.29 is 14.7 Å². The highest BCUT2D eigenvalue weighted by molar-refractivity contribution is 6.00. The summed E-state index contributed by atoms with van der Waals surface area (Å²) >= 11 is 0. The number of likely N-dealkylation sites (N-methyl/N-ethyl adjacent to an activating group) is 1. The minimum atomic E-state index is -1.02. The molecule has 0 saturated carbocycles. The Balaban J connectivity index is 2.62. The molecule has 0 bridgehead atoms. The normalized spacial score (nSPS) is 10.8. The molecule has 0 aliphatic carbocycles. The predicted octanol–water partition coefficient (Wildman–Crippen LogP) is 1.44. The molecule has 2 N–H and O–H groups in total. The van der Waals surface area contributed by atoms with Crippen LogP contribution in [0.15, 0.2) is 36.4 Å². The predicted molar refractivity (Wildman–Crippen MR) is 69.7 cm³/mol. The summed E-state index contributed by atoms with van der Waals surface area (Å²) < 4.78 is 0. The second-order valence-electron chi connectivity index (χ2n) is 4.04. The van der Waals surface area contributed by atoms with E-state index in [1.807, 2.05) is 19.0 Å². The van der Waals surface area contributed by atoms with Gasteiger partial charge in [-0.05, 0) is 32.3 Å². The number of nitrogens with zero attached hydrogens (tertiary/aromatic N) is 1. The lowest BCUT2D eigenvalue weighted by Crippen LogP contribution is -2.13. The highest BCUT2D eigenvalue weighted by Crippen LogP contribution is 2.10. The Morgan fingerprint density at radius 2 is 2.11 bits per heavy atom. The Morgan fingerprint density at radius 1 is 1.39 bits per heavy atom. The summed E-state index contributed by atoms with van der Waals surface area (Å²) in [6.07, 6.45) is 3.16. The molecular weight excluding hydrogens is 232 g/mol. The van der Waals surface area contributed by atoms with Crippen molar-refractivity contribution in [2.24, 2.45) is 0 Å². The minimum Gasteiger partial charge on any atom is -0.478 e. The summed E-state index contributed by atoms with van der Waals surface area (Å²) in [5.74, 6) is -1.30. The van der Waals surface area contributed by atoms with E-state index in [1.165, 1.54) is 18.2 Å². The van der Waals surface area contributed by atoms with Crippen molar-refractivity contribution in [3.8, 4) is 0 Å². The second kappa shape index (κ2) is 6.56. The molecule has 0 aromatic heterocycles. The lowest BCUT2D eigenvalue weighted by Gasteiger charge is -2.05. The second-order valence-corrected chi connectivity index (χ2v) is 4.04. The first-order valence-corrected chi connectivity index (χ1v) is 5.44. The number of carbonyl (C=O) groups excluding carboxylic acids is 1. The van der Waals surface area contributed by atoms with Crippen LogP contribution >= 0.6 is 0 Å². The van der Waals surface area contributed by atoms with E-state index in [2.05, 4.69) is 5.32 Å². The van der Waals surface area contributed by atoms with E-state index in [0.717, 1.165) is 0 Å². The van der Waals surface area contributed by atoms with Crippen LogP contribution in [0.1, 0.15) is 10.4 Å². The molecule has 0 atom stereocenters. The fourth-order valence-corrected chi connectivity index (χ4v) is 1.28. The van der Waals surface area contributed by atoms with Crippen LogP contribution in [0.5, 0.6) is 0 Å². The Morgan fingerprint density at radius 3 is 2.72 bits per heavy atom. The van der Waals surface area contributed by atoms with Gasteiger partial charge in [-0.1, -0.05) is 12.1 Å². The molecule has 5 heteroatoms. The van der Waals surface area contributed by atoms with Crippen molar-refractivity contribution in [2.75, 3.05) is 26.0 Å². The van der Waals surface area contributed by atoms with Crippen LogP contribution in [0.3, 0.4) is 0 Å². The van der Waals surface area contributed by atoms with Gasteiger partial charge in [-0.2, -0.15) is 0 Å². The zero-order valence-corrected chi connectivity index (χ0v) is 10.4. The van der Waals surface area contributed by atoms with Crippen molar-refractivity contribution >= 4 is 17.6 Å². The molecule has 0 unspecified atom stereocenters. The van der Waals surface area contributed by atoms with Crippen LogP contribution in [-0.2, 0) is 4.79 Å². The number of carboxylic acids is 1. The molecule has 0 spiro atoms. The molecule has 1 rings (SSSR count). The Labute approximate surface area is 106 Å². The topological polar surface area (TPSA) is 69.6 Å². The Kier molecular flexibility index (Phi) is 5.07. The van der Waals surface area contributed by atoms with Crippen LogP contribution in [0, 0.1) is 0 Å². The molecule has 0 saturated heterocycles. The average molecular weight is 248 g/mol. The molecule has 0 aliphatic heterocycles. The molecule has 0 radical (unpaired) electrons. The number of rotatable bonds is 5. The summed E-state index contributed by atoms with van der Waals surface area (Å²) in [6.45, 7) is 0.669. The van der Waals surface area contributed by atoms with Crippen LogP contribution in [0.25, 0.3) is 0 Å². The van der Waals surface area contributed by atoms with E-state index in [9.17, 15) is 9.59 Å². The SMILES string of the molecule is CN(C)C/C=C/C(=O)Nc1cccc(C(=O)O)c1. The molecular formula is C13H16N2O3. The smallest absolute Gasteiger partial charge is 0.335 e. The van der Waals surface area contributed by atoms with Crippen molar-refractivity contribution in [2.45, 2.75) is 0 Å². The zero-order valence-electron chi connectivity index (χ0n) is 10.4. The van der Waals surface area contributed by atoms with Crippen molar-refractivity contribution in [3.05, 3.63) is 42.0 Å². The van der Waals surface area contributed by atoms with E-state index in [1.54, 1.807) is 18.2 Å². The summed E-state index contributed by atoms with van der Waals surface area (Å²) in [7, 11) is 3.80. The van der Waals surface area contributed by atoms with E-state index >= 15 is 0 Å². The van der Waals surface area contributed by atoms with E-state index in [-0.39, 0.29) is 11.5 Å². The van der Waals surface area contributed by atoms with Gasteiger partial charge in [-0.15, -0.1) is 0 Å². The first kappa shape index (κ1) is 13.9. The lowest BCUT2D eigenvalue weighted by molar-refractivity contribution is -0.111. The van der Waals surface area contributed by atoms with Gasteiger partial charge >= 0.3 is 5.97 Å². The Hall–Kier alpha value is -2.14. The van der Waals surface area contributed by atoms with Crippen LogP contribution in [0.2, 0.25) is 0 Å². The molecule has 1 aromatic carbocycles. The van der Waals surface area contributed by atoms with E-state index < -0.39 is 5.97 Å². The molecule has 1 amide bonds. The number of anilines is 1. The van der Waals surface area contributed by atoms with Crippen LogP contribution in [0.4, 0.5) is 5.69 Å². The molecule has 1 aromatic rings. The minimum absolute atomic E-state index is 0.144. The number of benzene rings is 1.